The van der Waals surface area contributed by atoms with Gasteiger partial charge >= 0.3 is 11.6 Å². The van der Waals surface area contributed by atoms with E-state index < -0.39 is 23.2 Å². The van der Waals surface area contributed by atoms with Crippen LogP contribution in [0.4, 0.5) is 4.39 Å². The van der Waals surface area contributed by atoms with Crippen molar-refractivity contribution in [3.8, 4) is 0 Å². The van der Waals surface area contributed by atoms with Crippen LogP contribution in [0.15, 0.2) is 31.9 Å². The Kier molecular flexibility index (Phi) is 2.51. The van der Waals surface area contributed by atoms with E-state index in [9.17, 15) is 14.0 Å². The van der Waals surface area contributed by atoms with Gasteiger partial charge in [0.05, 0.1) is 9.86 Å². The van der Waals surface area contributed by atoms with Gasteiger partial charge in [0, 0.05) is 0 Å². The average Bonchev–Trinajstić information content (AvgIpc) is 2.20. The molecule has 2 aromatic rings. The first-order valence-corrected chi connectivity index (χ1v) is 4.94. The van der Waals surface area contributed by atoms with Gasteiger partial charge in [0.25, 0.3) is 0 Å². The number of aromatic carboxylic acids is 1. The van der Waals surface area contributed by atoms with E-state index >= 15 is 0 Å². The number of benzene rings is 1. The highest BCUT2D eigenvalue weighted by atomic mass is 79.9. The fourth-order valence-electron chi connectivity index (χ4n) is 1.29. The van der Waals surface area contributed by atoms with Gasteiger partial charge in [-0.15, -0.1) is 0 Å². The van der Waals surface area contributed by atoms with Gasteiger partial charge in [0.2, 0.25) is 5.76 Å². The van der Waals surface area contributed by atoms with E-state index in [0.717, 1.165) is 12.1 Å². The zero-order chi connectivity index (χ0) is 11.9. The molecule has 4 nitrogen and oxygen atoms in total. The van der Waals surface area contributed by atoms with E-state index in [1.54, 1.807) is 0 Å². The standard InChI is InChI=1S/C10H4BrFO4/c11-6-3-5-4(1-7(6)12)2-8(9(13)14)16-10(5)15/h1-3H,(H,13,14). The molecule has 0 radical (unpaired) electrons. The number of carboxylic acids is 1. The van der Waals surface area contributed by atoms with Crippen molar-refractivity contribution < 1.29 is 18.7 Å². The van der Waals surface area contributed by atoms with Crippen molar-refractivity contribution in [1.29, 1.82) is 0 Å². The predicted octanol–water partition coefficient (Wildman–Crippen LogP) is 2.39. The molecule has 1 heterocycles. The molecule has 1 aromatic heterocycles. The normalized spacial score (nSPS) is 10.6. The highest BCUT2D eigenvalue weighted by molar-refractivity contribution is 9.10. The zero-order valence-corrected chi connectivity index (χ0v) is 9.25. The van der Waals surface area contributed by atoms with Crippen LogP contribution in [0.3, 0.4) is 0 Å². The largest absolute Gasteiger partial charge is 0.475 e. The number of carbonyl (C=O) groups is 1. The van der Waals surface area contributed by atoms with Crippen molar-refractivity contribution in [3.63, 3.8) is 0 Å². The van der Waals surface area contributed by atoms with Crippen molar-refractivity contribution in [2.75, 3.05) is 0 Å². The second-order valence-corrected chi connectivity index (χ2v) is 3.91. The Morgan fingerprint density at radius 1 is 1.38 bits per heavy atom. The minimum atomic E-state index is -1.37. The Balaban J connectivity index is 2.88. The number of halogens is 2. The first-order chi connectivity index (χ1) is 7.49. The highest BCUT2D eigenvalue weighted by Gasteiger charge is 2.12. The zero-order valence-electron chi connectivity index (χ0n) is 7.66. The lowest BCUT2D eigenvalue weighted by atomic mass is 10.1. The molecule has 0 unspecified atom stereocenters. The molecule has 0 spiro atoms. The van der Waals surface area contributed by atoms with Crippen LogP contribution in [-0.2, 0) is 0 Å². The maximum atomic E-state index is 13.2. The summed E-state index contributed by atoms with van der Waals surface area (Å²) in [5.74, 6) is -2.46. The number of rotatable bonds is 1. The van der Waals surface area contributed by atoms with Gasteiger partial charge in [-0.05, 0) is 39.5 Å². The van der Waals surface area contributed by atoms with Crippen LogP contribution in [0.2, 0.25) is 0 Å². The predicted molar refractivity (Wildman–Crippen MR) is 57.1 cm³/mol. The minimum Gasteiger partial charge on any atom is -0.475 e. The molecule has 0 atom stereocenters. The Hall–Kier alpha value is -1.69. The molecule has 0 aliphatic heterocycles. The highest BCUT2D eigenvalue weighted by Crippen LogP contribution is 2.21. The van der Waals surface area contributed by atoms with Crippen molar-refractivity contribution in [2.45, 2.75) is 0 Å². The fraction of sp³-hybridized carbons (Fsp3) is 0. The summed E-state index contributed by atoms with van der Waals surface area (Å²) < 4.78 is 17.9. The smallest absolute Gasteiger partial charge is 0.371 e. The molecule has 2 rings (SSSR count). The van der Waals surface area contributed by atoms with Crippen LogP contribution in [0.25, 0.3) is 10.8 Å². The maximum absolute atomic E-state index is 13.2. The third-order valence-corrected chi connectivity index (χ3v) is 2.62. The molecular weight excluding hydrogens is 283 g/mol. The number of fused-ring (bicyclic) bond motifs is 1. The lowest BCUT2D eigenvalue weighted by molar-refractivity contribution is 0.0658. The summed E-state index contributed by atoms with van der Waals surface area (Å²) in [6, 6.07) is 3.43. The van der Waals surface area contributed by atoms with Gasteiger partial charge in [-0.3, -0.25) is 0 Å². The van der Waals surface area contributed by atoms with Crippen LogP contribution in [0.1, 0.15) is 10.6 Å². The lowest BCUT2D eigenvalue weighted by Crippen LogP contribution is -2.06. The first kappa shape index (κ1) is 10.8. The molecule has 0 bridgehead atoms. The van der Waals surface area contributed by atoms with Gasteiger partial charge < -0.3 is 9.52 Å². The van der Waals surface area contributed by atoms with Crippen molar-refractivity contribution in [3.05, 3.63) is 44.7 Å². The molecule has 1 aromatic carbocycles. The molecule has 16 heavy (non-hydrogen) atoms. The molecule has 0 saturated carbocycles. The maximum Gasteiger partial charge on any atom is 0.371 e. The minimum absolute atomic E-state index is 0.121. The summed E-state index contributed by atoms with van der Waals surface area (Å²) >= 11 is 2.93. The van der Waals surface area contributed by atoms with Crippen LogP contribution in [0.5, 0.6) is 0 Å². The van der Waals surface area contributed by atoms with Gasteiger partial charge in [-0.25, -0.2) is 14.0 Å². The number of hydrogen-bond acceptors (Lipinski definition) is 3. The third kappa shape index (κ3) is 1.71. The van der Waals surface area contributed by atoms with Crippen molar-refractivity contribution in [2.24, 2.45) is 0 Å². The summed E-state index contributed by atoms with van der Waals surface area (Å²) in [5.41, 5.74) is -0.810. The molecule has 0 fully saturated rings. The first-order valence-electron chi connectivity index (χ1n) is 4.15. The summed E-state index contributed by atoms with van der Waals surface area (Å²) in [7, 11) is 0. The van der Waals surface area contributed by atoms with E-state index in [1.165, 1.54) is 6.07 Å². The second-order valence-electron chi connectivity index (χ2n) is 3.06. The lowest BCUT2D eigenvalue weighted by Gasteiger charge is -2.00. The topological polar surface area (TPSA) is 67.5 Å². The average molecular weight is 287 g/mol. The van der Waals surface area contributed by atoms with Crippen molar-refractivity contribution in [1.82, 2.24) is 0 Å². The molecule has 0 aliphatic rings. The van der Waals surface area contributed by atoms with Gasteiger partial charge in [0.15, 0.2) is 0 Å². The van der Waals surface area contributed by atoms with E-state index in [-0.39, 0.29) is 15.2 Å². The SMILES string of the molecule is O=C(O)c1cc2cc(F)c(Br)cc2c(=O)o1. The Labute approximate surface area is 96.4 Å². The van der Waals surface area contributed by atoms with Gasteiger partial charge in [-0.2, -0.15) is 0 Å². The van der Waals surface area contributed by atoms with Crippen LogP contribution >= 0.6 is 15.9 Å². The number of hydrogen-bond donors (Lipinski definition) is 1. The molecule has 0 amide bonds. The summed E-state index contributed by atoms with van der Waals surface area (Å²) in [6.07, 6.45) is 0. The Bertz CT molecular complexity index is 647. The van der Waals surface area contributed by atoms with Crippen molar-refractivity contribution >= 4 is 32.7 Å². The molecule has 1 N–H and O–H groups in total. The fourth-order valence-corrected chi connectivity index (χ4v) is 1.63. The summed E-state index contributed by atoms with van der Waals surface area (Å²) in [5, 5.41) is 8.97. The van der Waals surface area contributed by atoms with E-state index in [4.69, 9.17) is 5.11 Å². The quantitative estimate of drug-likeness (QED) is 0.874. The van der Waals surface area contributed by atoms with E-state index in [1.807, 2.05) is 0 Å². The van der Waals surface area contributed by atoms with Crippen LogP contribution < -0.4 is 5.63 Å². The monoisotopic (exact) mass is 286 g/mol. The molecule has 82 valence electrons. The van der Waals surface area contributed by atoms with Crippen LogP contribution in [-0.4, -0.2) is 11.1 Å². The van der Waals surface area contributed by atoms with Gasteiger partial charge in [0.1, 0.15) is 5.82 Å². The second kappa shape index (κ2) is 3.71. The molecule has 0 saturated heterocycles. The third-order valence-electron chi connectivity index (χ3n) is 2.01. The van der Waals surface area contributed by atoms with E-state index in [2.05, 4.69) is 20.3 Å². The molecule has 0 aliphatic carbocycles. The Morgan fingerprint density at radius 2 is 2.06 bits per heavy atom. The molecule has 6 heteroatoms. The van der Waals surface area contributed by atoms with E-state index in [0.29, 0.717) is 0 Å². The summed E-state index contributed by atoms with van der Waals surface area (Å²) in [4.78, 5) is 22.0. The summed E-state index contributed by atoms with van der Waals surface area (Å²) in [6.45, 7) is 0. The van der Waals surface area contributed by atoms with Gasteiger partial charge in [-0.1, -0.05) is 0 Å². The number of carboxylic acid groups (broad SMARTS) is 1. The molecular formula is C10H4BrFO4. The van der Waals surface area contributed by atoms with Crippen LogP contribution in [0, 0.1) is 5.82 Å². The Morgan fingerprint density at radius 3 is 2.69 bits per heavy atom.